The number of aliphatic hydroxyl groups is 1. The molecule has 3 N–H and O–H groups in total. The number of rotatable bonds is 9. The molecule has 0 bridgehead atoms. The number of guanidine groups is 1. The molecule has 0 aromatic carbocycles. The quantitative estimate of drug-likeness (QED) is 0.288. The number of aryl methyl sites for hydroxylation is 1. The molecular formula is C19H37IN4O2. The third-order valence-electron chi connectivity index (χ3n) is 4.14. The molecule has 0 saturated carbocycles. The molecule has 2 atom stereocenters. The minimum atomic E-state index is -1.13. The molecule has 0 aliphatic rings. The first kappa shape index (κ1) is 25.2. The molecule has 0 fully saturated rings. The highest BCUT2D eigenvalue weighted by molar-refractivity contribution is 14.0. The lowest BCUT2D eigenvalue weighted by Crippen LogP contribution is -2.46. The summed E-state index contributed by atoms with van der Waals surface area (Å²) in [6, 6.07) is 4.08. The van der Waals surface area contributed by atoms with Crippen LogP contribution in [0.2, 0.25) is 0 Å². The van der Waals surface area contributed by atoms with Gasteiger partial charge >= 0.3 is 0 Å². The number of nitrogens with one attached hydrogen (secondary N) is 2. The second-order valence-electron chi connectivity index (χ2n) is 7.51. The highest BCUT2D eigenvalue weighted by Crippen LogP contribution is 2.23. The minimum absolute atomic E-state index is 0. The van der Waals surface area contributed by atoms with Crippen LogP contribution in [0.5, 0.6) is 0 Å². The lowest BCUT2D eigenvalue weighted by atomic mass is 10.0. The number of nitrogens with zero attached hydrogens (tertiary/aromatic N) is 2. The van der Waals surface area contributed by atoms with E-state index in [4.69, 9.17) is 4.42 Å². The zero-order valence-corrected chi connectivity index (χ0v) is 19.6. The molecule has 1 heterocycles. The largest absolute Gasteiger partial charge is 0.463 e. The Labute approximate surface area is 175 Å². The van der Waals surface area contributed by atoms with Gasteiger partial charge in [0.25, 0.3) is 0 Å². The smallest absolute Gasteiger partial charge is 0.191 e. The molecule has 2 unspecified atom stereocenters. The van der Waals surface area contributed by atoms with E-state index in [1.54, 1.807) is 13.0 Å². The summed E-state index contributed by atoms with van der Waals surface area (Å²) in [5, 5.41) is 17.3. The van der Waals surface area contributed by atoms with E-state index in [1.165, 1.54) is 0 Å². The number of halogens is 1. The highest BCUT2D eigenvalue weighted by atomic mass is 127. The molecule has 6 nitrogen and oxygen atoms in total. The third kappa shape index (κ3) is 8.73. The Morgan fingerprint density at radius 3 is 2.42 bits per heavy atom. The maximum atomic E-state index is 10.6. The van der Waals surface area contributed by atoms with Crippen LogP contribution in [0.4, 0.5) is 0 Å². The standard InChI is InChI=1S/C19H36N4O2.HI/c1-8-20-18(21-12-16(23(6)7)11-14(2)3)22-13-19(5,24)17-10-9-15(4)25-17;/h9-10,14,16,24H,8,11-13H2,1-7H3,(H2,20,21,22);1H. The second-order valence-corrected chi connectivity index (χ2v) is 7.51. The van der Waals surface area contributed by atoms with Gasteiger partial charge in [-0.15, -0.1) is 24.0 Å². The van der Waals surface area contributed by atoms with E-state index in [0.717, 1.165) is 25.3 Å². The number of hydrogen-bond acceptors (Lipinski definition) is 4. The van der Waals surface area contributed by atoms with E-state index in [-0.39, 0.29) is 30.5 Å². The molecule has 1 rings (SSSR count). The van der Waals surface area contributed by atoms with Gasteiger partial charge < -0.3 is 25.1 Å². The van der Waals surface area contributed by atoms with Crippen molar-refractivity contribution in [3.63, 3.8) is 0 Å². The zero-order chi connectivity index (χ0) is 19.0. The van der Waals surface area contributed by atoms with E-state index in [9.17, 15) is 5.11 Å². The van der Waals surface area contributed by atoms with Crippen LogP contribution in [-0.2, 0) is 5.60 Å². The van der Waals surface area contributed by atoms with Gasteiger partial charge in [0, 0.05) is 19.1 Å². The Morgan fingerprint density at radius 1 is 1.31 bits per heavy atom. The lowest BCUT2D eigenvalue weighted by Gasteiger charge is -2.27. The summed E-state index contributed by atoms with van der Waals surface area (Å²) in [6.07, 6.45) is 1.11. The van der Waals surface area contributed by atoms with Gasteiger partial charge in [0.1, 0.15) is 17.1 Å². The normalized spacial score (nSPS) is 15.5. The molecule has 0 radical (unpaired) electrons. The average Bonchev–Trinajstić information content (AvgIpc) is 2.95. The van der Waals surface area contributed by atoms with Gasteiger partial charge in [-0.25, -0.2) is 4.99 Å². The van der Waals surface area contributed by atoms with Gasteiger partial charge in [-0.1, -0.05) is 13.8 Å². The Kier molecular flexibility index (Phi) is 11.5. The highest BCUT2D eigenvalue weighted by Gasteiger charge is 2.26. The van der Waals surface area contributed by atoms with Crippen molar-refractivity contribution in [2.24, 2.45) is 10.9 Å². The van der Waals surface area contributed by atoms with Gasteiger partial charge in [-0.2, -0.15) is 0 Å². The fourth-order valence-electron chi connectivity index (χ4n) is 2.61. The van der Waals surface area contributed by atoms with Crippen molar-refractivity contribution in [1.82, 2.24) is 15.5 Å². The minimum Gasteiger partial charge on any atom is -0.463 e. The number of aliphatic imine (C=N–C) groups is 1. The average molecular weight is 480 g/mol. The molecule has 1 aromatic rings. The topological polar surface area (TPSA) is 73.0 Å². The first-order valence-electron chi connectivity index (χ1n) is 9.13. The molecule has 0 amide bonds. The molecule has 1 aromatic heterocycles. The molecule has 0 saturated heterocycles. The molecule has 0 aliphatic heterocycles. The lowest BCUT2D eigenvalue weighted by molar-refractivity contribution is 0.0428. The Hall–Kier alpha value is -0.800. The monoisotopic (exact) mass is 480 g/mol. The van der Waals surface area contributed by atoms with Crippen LogP contribution in [0.1, 0.15) is 45.6 Å². The molecule has 0 spiro atoms. The van der Waals surface area contributed by atoms with E-state index in [2.05, 4.69) is 48.5 Å². The first-order valence-corrected chi connectivity index (χ1v) is 9.13. The fraction of sp³-hybridized carbons (Fsp3) is 0.737. The molecule has 7 heteroatoms. The van der Waals surface area contributed by atoms with Gasteiger partial charge in [0.2, 0.25) is 0 Å². The third-order valence-corrected chi connectivity index (χ3v) is 4.14. The van der Waals surface area contributed by atoms with Crippen LogP contribution < -0.4 is 10.6 Å². The van der Waals surface area contributed by atoms with Gasteiger partial charge in [-0.3, -0.25) is 0 Å². The van der Waals surface area contributed by atoms with E-state index in [0.29, 0.717) is 23.7 Å². The van der Waals surface area contributed by atoms with Crippen LogP contribution in [0, 0.1) is 12.8 Å². The Balaban J connectivity index is 0.00000625. The summed E-state index contributed by atoms with van der Waals surface area (Å²) in [7, 11) is 4.20. The van der Waals surface area contributed by atoms with Crippen LogP contribution in [0.3, 0.4) is 0 Å². The van der Waals surface area contributed by atoms with Crippen molar-refractivity contribution in [3.05, 3.63) is 23.7 Å². The summed E-state index contributed by atoms with van der Waals surface area (Å²) in [6.45, 7) is 11.9. The van der Waals surface area contributed by atoms with Crippen LogP contribution in [-0.4, -0.2) is 55.7 Å². The van der Waals surface area contributed by atoms with E-state index < -0.39 is 5.60 Å². The number of likely N-dealkylation sites (N-methyl/N-ethyl adjacent to an activating group) is 1. The van der Waals surface area contributed by atoms with Gasteiger partial charge in [-0.05, 0) is 59.3 Å². The van der Waals surface area contributed by atoms with Gasteiger partial charge in [0.15, 0.2) is 5.96 Å². The fourth-order valence-corrected chi connectivity index (χ4v) is 2.61. The molecule has 0 aliphatic carbocycles. The van der Waals surface area contributed by atoms with Crippen molar-refractivity contribution >= 4 is 29.9 Å². The van der Waals surface area contributed by atoms with Crippen molar-refractivity contribution in [3.8, 4) is 0 Å². The number of furan rings is 1. The van der Waals surface area contributed by atoms with Gasteiger partial charge in [0.05, 0.1) is 6.54 Å². The van der Waals surface area contributed by atoms with E-state index >= 15 is 0 Å². The van der Waals surface area contributed by atoms with Crippen LogP contribution in [0.15, 0.2) is 21.5 Å². The summed E-state index contributed by atoms with van der Waals surface area (Å²) in [5.74, 6) is 2.67. The first-order chi connectivity index (χ1) is 11.7. The van der Waals surface area contributed by atoms with Crippen LogP contribution >= 0.6 is 24.0 Å². The predicted molar refractivity (Wildman–Crippen MR) is 119 cm³/mol. The summed E-state index contributed by atoms with van der Waals surface area (Å²) < 4.78 is 5.55. The maximum absolute atomic E-state index is 10.6. The molecule has 152 valence electrons. The van der Waals surface area contributed by atoms with Crippen molar-refractivity contribution < 1.29 is 9.52 Å². The van der Waals surface area contributed by atoms with E-state index in [1.807, 2.05) is 19.9 Å². The Bertz CT molecular complexity index is 541. The van der Waals surface area contributed by atoms with Crippen LogP contribution in [0.25, 0.3) is 0 Å². The maximum Gasteiger partial charge on any atom is 0.191 e. The SMILES string of the molecule is CCNC(=NCC(C)(O)c1ccc(C)o1)NCC(CC(C)C)N(C)C.I. The summed E-state index contributed by atoms with van der Waals surface area (Å²) in [5.41, 5.74) is -1.13. The molecular weight excluding hydrogens is 443 g/mol. The van der Waals surface area contributed by atoms with Crippen molar-refractivity contribution in [1.29, 1.82) is 0 Å². The zero-order valence-electron chi connectivity index (χ0n) is 17.3. The number of hydrogen-bond donors (Lipinski definition) is 3. The summed E-state index contributed by atoms with van der Waals surface area (Å²) in [4.78, 5) is 6.78. The molecule has 26 heavy (non-hydrogen) atoms. The van der Waals surface area contributed by atoms with Crippen molar-refractivity contribution in [2.45, 2.75) is 52.7 Å². The predicted octanol–water partition coefficient (Wildman–Crippen LogP) is 2.94. The second kappa shape index (κ2) is 11.8. The van der Waals surface area contributed by atoms with Crippen molar-refractivity contribution in [2.75, 3.05) is 33.7 Å². The Morgan fingerprint density at radius 2 is 1.96 bits per heavy atom. The summed E-state index contributed by atoms with van der Waals surface area (Å²) >= 11 is 0.